The molecule has 1 heterocycles. The summed E-state index contributed by atoms with van der Waals surface area (Å²) in [6.07, 6.45) is 1.68. The molecule has 0 unspecified atom stereocenters. The Morgan fingerprint density at radius 2 is 1.80 bits per heavy atom. The number of nitrogens with zero attached hydrogens (tertiary/aromatic N) is 3. The van der Waals surface area contributed by atoms with Gasteiger partial charge >= 0.3 is 5.97 Å². The Labute approximate surface area is 209 Å². The van der Waals surface area contributed by atoms with Gasteiger partial charge in [-0.05, 0) is 56.2 Å². The Morgan fingerprint density at radius 3 is 2.43 bits per heavy atom. The van der Waals surface area contributed by atoms with Crippen molar-refractivity contribution in [3.8, 4) is 0 Å². The lowest BCUT2D eigenvalue weighted by Crippen LogP contribution is -2.31. The van der Waals surface area contributed by atoms with E-state index >= 15 is 0 Å². The number of ether oxygens (including phenoxy) is 1. The molecule has 35 heavy (non-hydrogen) atoms. The predicted molar refractivity (Wildman–Crippen MR) is 137 cm³/mol. The number of unbranched alkanes of at least 4 members (excludes halogenated alkanes) is 1. The minimum Gasteiger partial charge on any atom is -0.465 e. The summed E-state index contributed by atoms with van der Waals surface area (Å²) in [5, 5.41) is 0. The number of fused-ring (bicyclic) bond motifs is 1. The monoisotopic (exact) mass is 517 g/mol. The van der Waals surface area contributed by atoms with Gasteiger partial charge in [-0.25, -0.2) is 8.42 Å². The fourth-order valence-electron chi connectivity index (χ4n) is 3.73. The third-order valence-corrected chi connectivity index (χ3v) is 8.58. The van der Waals surface area contributed by atoms with Crippen LogP contribution in [-0.2, 0) is 26.1 Å². The lowest BCUT2D eigenvalue weighted by atomic mass is 10.2. The average molecular weight is 518 g/mol. The number of thiazole rings is 1. The van der Waals surface area contributed by atoms with Gasteiger partial charge in [-0.2, -0.15) is 9.30 Å². The van der Waals surface area contributed by atoms with Crippen LogP contribution in [0.3, 0.4) is 0 Å². The topological polar surface area (TPSA) is 98.0 Å². The second-order valence-corrected chi connectivity index (χ2v) is 10.9. The number of amides is 1. The molecule has 188 valence electrons. The van der Waals surface area contributed by atoms with Gasteiger partial charge in [0.2, 0.25) is 10.0 Å². The van der Waals surface area contributed by atoms with Gasteiger partial charge < -0.3 is 9.30 Å². The maximum absolute atomic E-state index is 13.0. The molecule has 0 aliphatic carbocycles. The summed E-state index contributed by atoms with van der Waals surface area (Å²) in [6.45, 7) is 8.52. The van der Waals surface area contributed by atoms with Crippen molar-refractivity contribution in [3.05, 3.63) is 58.4 Å². The highest BCUT2D eigenvalue weighted by Crippen LogP contribution is 2.22. The van der Waals surface area contributed by atoms with Crippen molar-refractivity contribution < 1.29 is 22.7 Å². The van der Waals surface area contributed by atoms with E-state index < -0.39 is 21.9 Å². The van der Waals surface area contributed by atoms with Crippen molar-refractivity contribution in [3.63, 3.8) is 0 Å². The summed E-state index contributed by atoms with van der Waals surface area (Å²) in [5.74, 6) is -0.934. The summed E-state index contributed by atoms with van der Waals surface area (Å²) in [7, 11) is -3.63. The summed E-state index contributed by atoms with van der Waals surface area (Å²) < 4.78 is 35.0. The molecule has 0 radical (unpaired) electrons. The molecule has 3 rings (SSSR count). The number of hydrogen-bond acceptors (Lipinski definition) is 6. The Morgan fingerprint density at radius 1 is 1.09 bits per heavy atom. The zero-order valence-corrected chi connectivity index (χ0v) is 22.1. The van der Waals surface area contributed by atoms with Crippen LogP contribution >= 0.6 is 11.3 Å². The van der Waals surface area contributed by atoms with E-state index in [4.69, 9.17) is 4.74 Å². The number of para-hydroxylation sites is 1. The van der Waals surface area contributed by atoms with Crippen molar-refractivity contribution in [2.75, 3.05) is 19.7 Å². The first-order chi connectivity index (χ1) is 16.7. The zero-order chi connectivity index (χ0) is 25.6. The van der Waals surface area contributed by atoms with E-state index in [1.165, 1.54) is 39.9 Å². The number of carbonyl (C=O) groups is 2. The highest BCUT2D eigenvalue weighted by molar-refractivity contribution is 7.89. The molecule has 2 aromatic carbocycles. The van der Waals surface area contributed by atoms with E-state index in [1.807, 2.05) is 39.0 Å². The highest BCUT2D eigenvalue weighted by Gasteiger charge is 2.23. The van der Waals surface area contributed by atoms with Gasteiger partial charge in [-0.1, -0.05) is 43.7 Å². The first-order valence-corrected chi connectivity index (χ1v) is 13.9. The first-order valence-electron chi connectivity index (χ1n) is 11.7. The van der Waals surface area contributed by atoms with E-state index in [-0.39, 0.29) is 23.6 Å². The molecule has 0 aliphatic heterocycles. The highest BCUT2D eigenvalue weighted by atomic mass is 32.2. The van der Waals surface area contributed by atoms with Gasteiger partial charge in [0.25, 0.3) is 5.91 Å². The van der Waals surface area contributed by atoms with E-state index in [2.05, 4.69) is 4.99 Å². The second kappa shape index (κ2) is 11.7. The Kier molecular flexibility index (Phi) is 8.98. The number of aromatic nitrogens is 1. The van der Waals surface area contributed by atoms with Crippen LogP contribution in [0.25, 0.3) is 10.2 Å². The summed E-state index contributed by atoms with van der Waals surface area (Å²) >= 11 is 1.31. The molecule has 1 aromatic heterocycles. The van der Waals surface area contributed by atoms with Crippen LogP contribution in [0.2, 0.25) is 0 Å². The average Bonchev–Trinajstić information content (AvgIpc) is 3.17. The van der Waals surface area contributed by atoms with Gasteiger partial charge in [-0.3, -0.25) is 9.59 Å². The Hall–Kier alpha value is -2.82. The molecule has 8 nitrogen and oxygen atoms in total. The summed E-state index contributed by atoms with van der Waals surface area (Å²) in [4.78, 5) is 30.0. The fraction of sp³-hybridized carbons (Fsp3) is 0.400. The molecule has 0 spiro atoms. The van der Waals surface area contributed by atoms with Crippen LogP contribution < -0.4 is 4.80 Å². The quantitative estimate of drug-likeness (QED) is 0.377. The molecular weight excluding hydrogens is 486 g/mol. The second-order valence-electron chi connectivity index (χ2n) is 7.99. The van der Waals surface area contributed by atoms with Crippen LogP contribution in [0.4, 0.5) is 0 Å². The number of carbonyl (C=O) groups excluding carboxylic acids is 2. The van der Waals surface area contributed by atoms with Crippen molar-refractivity contribution in [1.82, 2.24) is 8.87 Å². The minimum absolute atomic E-state index is 0.0629. The van der Waals surface area contributed by atoms with Gasteiger partial charge in [-0.15, -0.1) is 0 Å². The first kappa shape index (κ1) is 26.8. The molecule has 0 bridgehead atoms. The zero-order valence-electron chi connectivity index (χ0n) is 20.5. The van der Waals surface area contributed by atoms with E-state index in [0.717, 1.165) is 28.6 Å². The van der Waals surface area contributed by atoms with Crippen molar-refractivity contribution >= 4 is 43.5 Å². The van der Waals surface area contributed by atoms with E-state index in [0.29, 0.717) is 17.9 Å². The number of sulfonamides is 1. The molecule has 0 N–H and O–H groups in total. The predicted octanol–water partition coefficient (Wildman–Crippen LogP) is 4.13. The van der Waals surface area contributed by atoms with Crippen LogP contribution in [0, 0.1) is 6.92 Å². The smallest absolute Gasteiger partial charge is 0.326 e. The number of rotatable bonds is 10. The van der Waals surface area contributed by atoms with E-state index in [1.54, 1.807) is 11.5 Å². The molecule has 0 saturated carbocycles. The van der Waals surface area contributed by atoms with Crippen molar-refractivity contribution in [2.45, 2.75) is 52.0 Å². The van der Waals surface area contributed by atoms with Crippen LogP contribution in [-0.4, -0.2) is 48.9 Å². The summed E-state index contributed by atoms with van der Waals surface area (Å²) in [6, 6.07) is 11.6. The molecule has 0 atom stereocenters. The van der Waals surface area contributed by atoms with Crippen molar-refractivity contribution in [2.24, 2.45) is 4.99 Å². The van der Waals surface area contributed by atoms with Crippen LogP contribution in [0.5, 0.6) is 0 Å². The fourth-order valence-corrected chi connectivity index (χ4v) is 6.32. The van der Waals surface area contributed by atoms with Gasteiger partial charge in [0.15, 0.2) is 4.80 Å². The minimum atomic E-state index is -3.63. The third kappa shape index (κ3) is 6.06. The lowest BCUT2D eigenvalue weighted by molar-refractivity contribution is -0.143. The molecule has 0 aliphatic rings. The molecule has 10 heteroatoms. The maximum atomic E-state index is 13.0. The van der Waals surface area contributed by atoms with Crippen LogP contribution in [0.15, 0.2) is 52.4 Å². The number of hydrogen-bond donors (Lipinski definition) is 0. The third-order valence-electron chi connectivity index (χ3n) is 5.55. The number of esters is 1. The number of benzene rings is 2. The van der Waals surface area contributed by atoms with Gasteiger partial charge in [0.1, 0.15) is 6.54 Å². The Balaban J connectivity index is 1.96. The largest absolute Gasteiger partial charge is 0.465 e. The normalized spacial score (nSPS) is 12.4. The van der Waals surface area contributed by atoms with E-state index in [9.17, 15) is 18.0 Å². The van der Waals surface area contributed by atoms with Crippen molar-refractivity contribution in [1.29, 1.82) is 0 Å². The summed E-state index contributed by atoms with van der Waals surface area (Å²) in [5.41, 5.74) is 2.04. The molecular formula is C25H31N3O5S2. The molecule has 3 aromatic rings. The molecule has 0 saturated heterocycles. The van der Waals surface area contributed by atoms with Gasteiger partial charge in [0, 0.05) is 18.7 Å². The van der Waals surface area contributed by atoms with Gasteiger partial charge in [0.05, 0.1) is 21.7 Å². The maximum Gasteiger partial charge on any atom is 0.326 e. The van der Waals surface area contributed by atoms with Crippen LogP contribution in [0.1, 0.15) is 49.5 Å². The molecule has 1 amide bonds. The SMILES string of the molecule is CCCCN(CC)S(=O)(=O)c1ccc(C(=O)N=c2sc3cccc(C)c3n2CC(=O)OCC)cc1. The standard InChI is InChI=1S/C25H31N3O5S2/c1-5-8-16-27(6-2)35(31,32)20-14-12-19(13-15-20)24(30)26-25-28(17-22(29)33-7-3)23-18(4)10-9-11-21(23)34-25/h9-15H,5-8,16-17H2,1-4H3. The molecule has 0 fully saturated rings. The number of aryl methyl sites for hydroxylation is 1. The lowest BCUT2D eigenvalue weighted by Gasteiger charge is -2.20. The Bertz CT molecular complexity index is 1370.